The van der Waals surface area contributed by atoms with Crippen molar-refractivity contribution in [3.63, 3.8) is 0 Å². The summed E-state index contributed by atoms with van der Waals surface area (Å²) in [5.74, 6) is 0. The summed E-state index contributed by atoms with van der Waals surface area (Å²) in [6.45, 7) is 4.54. The molecular formula is C9H14O. The Labute approximate surface area is 61.8 Å². The Balaban J connectivity index is 2.27. The Morgan fingerprint density at radius 3 is 2.70 bits per heavy atom. The van der Waals surface area contributed by atoms with Crippen LogP contribution < -0.4 is 0 Å². The Morgan fingerprint density at radius 2 is 2.20 bits per heavy atom. The molecule has 0 unspecified atom stereocenters. The van der Waals surface area contributed by atoms with Crippen molar-refractivity contribution in [3.8, 4) is 0 Å². The van der Waals surface area contributed by atoms with Crippen LogP contribution in [0.4, 0.5) is 0 Å². The topological polar surface area (TPSA) is 20.2 Å². The highest BCUT2D eigenvalue weighted by Crippen LogP contribution is 2.68. The summed E-state index contributed by atoms with van der Waals surface area (Å²) in [4.78, 5) is 0. The van der Waals surface area contributed by atoms with E-state index in [1.807, 2.05) is 6.08 Å². The van der Waals surface area contributed by atoms with E-state index >= 15 is 0 Å². The fourth-order valence-electron chi connectivity index (χ4n) is 2.18. The zero-order valence-electron chi connectivity index (χ0n) is 6.59. The van der Waals surface area contributed by atoms with Gasteiger partial charge in [0.2, 0.25) is 0 Å². The average molecular weight is 138 g/mol. The molecule has 0 aliphatic heterocycles. The maximum Gasteiger partial charge on any atom is 0.0726 e. The molecule has 0 spiro atoms. The molecule has 2 aliphatic carbocycles. The van der Waals surface area contributed by atoms with Crippen LogP contribution in [0.25, 0.3) is 0 Å². The van der Waals surface area contributed by atoms with Gasteiger partial charge in [0, 0.05) is 0 Å². The van der Waals surface area contributed by atoms with E-state index in [1.54, 1.807) is 0 Å². The van der Waals surface area contributed by atoms with Gasteiger partial charge in [0.1, 0.15) is 0 Å². The molecule has 0 bridgehead atoms. The van der Waals surface area contributed by atoms with Crippen LogP contribution in [-0.4, -0.2) is 11.2 Å². The fraction of sp³-hybridized carbons (Fsp3) is 0.778. The molecule has 0 saturated heterocycles. The quantitative estimate of drug-likeness (QED) is 0.505. The highest BCUT2D eigenvalue weighted by atomic mass is 16.3. The van der Waals surface area contributed by atoms with E-state index < -0.39 is 0 Å². The van der Waals surface area contributed by atoms with Crippen molar-refractivity contribution in [2.45, 2.75) is 32.8 Å². The first kappa shape index (κ1) is 6.41. The summed E-state index contributed by atoms with van der Waals surface area (Å²) >= 11 is 0. The summed E-state index contributed by atoms with van der Waals surface area (Å²) in [6.07, 6.45) is 6.16. The summed E-state index contributed by atoms with van der Waals surface area (Å²) in [7, 11) is 0. The summed E-state index contributed by atoms with van der Waals surface area (Å²) < 4.78 is 0. The highest BCUT2D eigenvalue weighted by Gasteiger charge is 2.60. The van der Waals surface area contributed by atoms with Crippen molar-refractivity contribution in [3.05, 3.63) is 12.2 Å². The predicted molar refractivity (Wildman–Crippen MR) is 40.6 cm³/mol. The fourth-order valence-corrected chi connectivity index (χ4v) is 2.18. The summed E-state index contributed by atoms with van der Waals surface area (Å²) in [5.41, 5.74) is 0.841. The van der Waals surface area contributed by atoms with Gasteiger partial charge in [-0.15, -0.1) is 0 Å². The first-order valence-electron chi connectivity index (χ1n) is 3.93. The lowest BCUT2D eigenvalue weighted by molar-refractivity contribution is 0.164. The number of allylic oxidation sites excluding steroid dienone is 1. The third-order valence-corrected chi connectivity index (χ3v) is 3.36. The van der Waals surface area contributed by atoms with E-state index in [1.165, 1.54) is 6.42 Å². The maximum atomic E-state index is 9.30. The van der Waals surface area contributed by atoms with E-state index in [9.17, 15) is 5.11 Å². The monoisotopic (exact) mass is 138 g/mol. The Hall–Kier alpha value is -0.300. The van der Waals surface area contributed by atoms with Gasteiger partial charge in [-0.1, -0.05) is 26.0 Å². The Bertz CT molecular complexity index is 197. The van der Waals surface area contributed by atoms with Crippen LogP contribution in [0, 0.1) is 10.8 Å². The maximum absolute atomic E-state index is 9.30. The summed E-state index contributed by atoms with van der Waals surface area (Å²) in [6, 6.07) is 0. The van der Waals surface area contributed by atoms with Gasteiger partial charge >= 0.3 is 0 Å². The molecule has 3 atom stereocenters. The lowest BCUT2D eigenvalue weighted by Gasteiger charge is -2.22. The number of rotatable bonds is 0. The van der Waals surface area contributed by atoms with Gasteiger partial charge in [0.25, 0.3) is 0 Å². The van der Waals surface area contributed by atoms with Crippen molar-refractivity contribution < 1.29 is 5.11 Å². The van der Waals surface area contributed by atoms with Crippen LogP contribution >= 0.6 is 0 Å². The third kappa shape index (κ3) is 0.615. The number of aliphatic hydroxyl groups excluding tert-OH is 1. The summed E-state index contributed by atoms with van der Waals surface area (Å²) in [5, 5.41) is 9.30. The molecule has 56 valence electrons. The smallest absolute Gasteiger partial charge is 0.0726 e. The van der Waals surface area contributed by atoms with E-state index in [0.717, 1.165) is 6.42 Å². The molecule has 0 aromatic carbocycles. The lowest BCUT2D eigenvalue weighted by Crippen LogP contribution is -2.18. The van der Waals surface area contributed by atoms with E-state index in [2.05, 4.69) is 19.9 Å². The molecule has 2 aliphatic rings. The number of aliphatic hydroxyl groups is 1. The van der Waals surface area contributed by atoms with Crippen molar-refractivity contribution in [2.24, 2.45) is 10.8 Å². The molecule has 1 heteroatoms. The molecule has 0 aromatic heterocycles. The zero-order valence-corrected chi connectivity index (χ0v) is 6.59. The lowest BCUT2D eigenvalue weighted by atomic mass is 9.86. The minimum Gasteiger partial charge on any atom is -0.389 e. The van der Waals surface area contributed by atoms with Gasteiger partial charge in [0.05, 0.1) is 6.10 Å². The van der Waals surface area contributed by atoms with Crippen LogP contribution in [0.2, 0.25) is 0 Å². The van der Waals surface area contributed by atoms with Gasteiger partial charge in [0.15, 0.2) is 0 Å². The molecule has 1 saturated carbocycles. The molecular weight excluding hydrogens is 124 g/mol. The zero-order chi connectivity index (χ0) is 7.41. The van der Waals surface area contributed by atoms with Crippen LogP contribution in [0.5, 0.6) is 0 Å². The van der Waals surface area contributed by atoms with Crippen LogP contribution in [0.1, 0.15) is 26.7 Å². The van der Waals surface area contributed by atoms with Crippen LogP contribution in [0.3, 0.4) is 0 Å². The predicted octanol–water partition coefficient (Wildman–Crippen LogP) is 1.72. The standard InChI is InChI=1S/C9H14O/c1-8-4-3-7(10)5-9(8,2)6-8/h3-4,7,10H,5-6H2,1-2H3/t7-,8+,9-/m1/s1. The van der Waals surface area contributed by atoms with Gasteiger partial charge in [-0.05, 0) is 23.7 Å². The SMILES string of the molecule is C[C@]12C[C@H](O)C=C[C@@]1(C)C2. The largest absolute Gasteiger partial charge is 0.389 e. The number of hydrogen-bond acceptors (Lipinski definition) is 1. The van der Waals surface area contributed by atoms with Gasteiger partial charge < -0.3 is 5.11 Å². The third-order valence-electron chi connectivity index (χ3n) is 3.36. The number of hydrogen-bond donors (Lipinski definition) is 1. The second-order valence-electron chi connectivity index (χ2n) is 4.29. The van der Waals surface area contributed by atoms with Crippen LogP contribution in [0.15, 0.2) is 12.2 Å². The second kappa shape index (κ2) is 1.48. The Morgan fingerprint density at radius 1 is 1.50 bits per heavy atom. The normalized spacial score (nSPS) is 58.1. The molecule has 1 nitrogen and oxygen atoms in total. The molecule has 2 rings (SSSR count). The van der Waals surface area contributed by atoms with Gasteiger partial charge in [-0.2, -0.15) is 0 Å². The average Bonchev–Trinajstić information content (AvgIpc) is 2.33. The molecule has 1 fully saturated rings. The van der Waals surface area contributed by atoms with E-state index in [-0.39, 0.29) is 6.10 Å². The first-order chi connectivity index (χ1) is 4.56. The minimum absolute atomic E-state index is 0.180. The van der Waals surface area contributed by atoms with Crippen LogP contribution in [-0.2, 0) is 0 Å². The highest BCUT2D eigenvalue weighted by molar-refractivity contribution is 5.24. The van der Waals surface area contributed by atoms with Crippen molar-refractivity contribution in [1.82, 2.24) is 0 Å². The Kier molecular flexibility index (Phi) is 0.946. The van der Waals surface area contributed by atoms with E-state index in [4.69, 9.17) is 0 Å². The van der Waals surface area contributed by atoms with Gasteiger partial charge in [-0.3, -0.25) is 0 Å². The molecule has 0 aromatic rings. The van der Waals surface area contributed by atoms with Crippen molar-refractivity contribution in [2.75, 3.05) is 0 Å². The van der Waals surface area contributed by atoms with Crippen molar-refractivity contribution in [1.29, 1.82) is 0 Å². The molecule has 0 amide bonds. The van der Waals surface area contributed by atoms with E-state index in [0.29, 0.717) is 10.8 Å². The molecule has 0 radical (unpaired) electrons. The number of fused-ring (bicyclic) bond motifs is 1. The van der Waals surface area contributed by atoms with Gasteiger partial charge in [-0.25, -0.2) is 0 Å². The second-order valence-corrected chi connectivity index (χ2v) is 4.29. The first-order valence-corrected chi connectivity index (χ1v) is 3.93. The van der Waals surface area contributed by atoms with Crippen molar-refractivity contribution >= 4 is 0 Å². The molecule has 10 heavy (non-hydrogen) atoms. The molecule has 1 N–H and O–H groups in total. The molecule has 0 heterocycles. The minimum atomic E-state index is -0.180.